The third-order valence-corrected chi connectivity index (χ3v) is 3.75. The van der Waals surface area contributed by atoms with E-state index in [1.165, 1.54) is 5.56 Å². The van der Waals surface area contributed by atoms with Crippen LogP contribution in [0.3, 0.4) is 0 Å². The average molecular weight is 306 g/mol. The third-order valence-electron chi connectivity index (χ3n) is 2.79. The first-order valence-electron chi connectivity index (χ1n) is 5.97. The maximum absolute atomic E-state index is 5.82. The van der Waals surface area contributed by atoms with Crippen LogP contribution in [0.5, 0.6) is 11.6 Å². The SMILES string of the molecule is Cc1ccnc(Oc2cccc(C(C)C)c2)c1Br. The van der Waals surface area contributed by atoms with Crippen molar-refractivity contribution in [3.8, 4) is 11.6 Å². The van der Waals surface area contributed by atoms with Gasteiger partial charge < -0.3 is 4.74 Å². The topological polar surface area (TPSA) is 22.1 Å². The number of ether oxygens (including phenoxy) is 1. The van der Waals surface area contributed by atoms with Crippen molar-refractivity contribution in [3.05, 3.63) is 52.1 Å². The van der Waals surface area contributed by atoms with Gasteiger partial charge in [0, 0.05) is 6.20 Å². The number of aromatic nitrogens is 1. The summed E-state index contributed by atoms with van der Waals surface area (Å²) in [5.41, 5.74) is 2.37. The van der Waals surface area contributed by atoms with Crippen LogP contribution in [0.2, 0.25) is 0 Å². The zero-order valence-corrected chi connectivity index (χ0v) is 12.4. The molecule has 1 aromatic heterocycles. The lowest BCUT2D eigenvalue weighted by atomic mass is 10.0. The molecule has 0 atom stereocenters. The Morgan fingerprint density at radius 1 is 1.22 bits per heavy atom. The number of hydrogen-bond donors (Lipinski definition) is 0. The Morgan fingerprint density at radius 3 is 2.72 bits per heavy atom. The first-order chi connectivity index (χ1) is 8.58. The summed E-state index contributed by atoms with van der Waals surface area (Å²) in [6.07, 6.45) is 1.75. The Hall–Kier alpha value is -1.35. The molecule has 0 saturated carbocycles. The molecule has 0 saturated heterocycles. The van der Waals surface area contributed by atoms with E-state index < -0.39 is 0 Å². The van der Waals surface area contributed by atoms with Crippen molar-refractivity contribution < 1.29 is 4.74 Å². The molecule has 1 aromatic carbocycles. The monoisotopic (exact) mass is 305 g/mol. The largest absolute Gasteiger partial charge is 0.438 e. The van der Waals surface area contributed by atoms with Gasteiger partial charge in [-0.15, -0.1) is 0 Å². The molecule has 0 fully saturated rings. The van der Waals surface area contributed by atoms with E-state index in [0.29, 0.717) is 11.8 Å². The van der Waals surface area contributed by atoms with Crippen LogP contribution < -0.4 is 4.74 Å². The standard InChI is InChI=1S/C15H16BrNO/c1-10(2)12-5-4-6-13(9-12)18-15-14(16)11(3)7-8-17-15/h4-10H,1-3H3. The highest BCUT2D eigenvalue weighted by atomic mass is 79.9. The van der Waals surface area contributed by atoms with Crippen LogP contribution in [0.25, 0.3) is 0 Å². The molecule has 0 bridgehead atoms. The van der Waals surface area contributed by atoms with E-state index in [0.717, 1.165) is 15.8 Å². The number of benzene rings is 1. The first-order valence-corrected chi connectivity index (χ1v) is 6.76. The summed E-state index contributed by atoms with van der Waals surface area (Å²) in [5, 5.41) is 0. The molecule has 0 unspecified atom stereocenters. The lowest BCUT2D eigenvalue weighted by Crippen LogP contribution is -1.93. The molecule has 0 aliphatic rings. The second-order valence-corrected chi connectivity index (χ2v) is 5.37. The number of nitrogens with zero attached hydrogens (tertiary/aromatic N) is 1. The quantitative estimate of drug-likeness (QED) is 0.790. The fraction of sp³-hybridized carbons (Fsp3) is 0.267. The van der Waals surface area contributed by atoms with Crippen molar-refractivity contribution in [2.24, 2.45) is 0 Å². The lowest BCUT2D eigenvalue weighted by Gasteiger charge is -2.10. The second-order valence-electron chi connectivity index (χ2n) is 4.58. The van der Waals surface area contributed by atoms with E-state index in [9.17, 15) is 0 Å². The van der Waals surface area contributed by atoms with Crippen molar-refractivity contribution in [1.82, 2.24) is 4.98 Å². The summed E-state index contributed by atoms with van der Waals surface area (Å²) in [6.45, 7) is 6.35. The average Bonchev–Trinajstić information content (AvgIpc) is 2.35. The molecule has 18 heavy (non-hydrogen) atoms. The Bertz CT molecular complexity index is 552. The van der Waals surface area contributed by atoms with Crippen LogP contribution in [-0.4, -0.2) is 4.98 Å². The summed E-state index contributed by atoms with van der Waals surface area (Å²) in [6, 6.07) is 10.1. The molecular formula is C15H16BrNO. The van der Waals surface area contributed by atoms with E-state index in [-0.39, 0.29) is 0 Å². The minimum Gasteiger partial charge on any atom is -0.438 e. The highest BCUT2D eigenvalue weighted by Crippen LogP contribution is 2.30. The first kappa shape index (κ1) is 13.1. The van der Waals surface area contributed by atoms with Gasteiger partial charge in [-0.2, -0.15) is 0 Å². The number of rotatable bonds is 3. The fourth-order valence-electron chi connectivity index (χ4n) is 1.64. The molecule has 0 amide bonds. The van der Waals surface area contributed by atoms with Crippen LogP contribution in [0.15, 0.2) is 41.0 Å². The van der Waals surface area contributed by atoms with E-state index in [4.69, 9.17) is 4.74 Å². The van der Waals surface area contributed by atoms with Gasteiger partial charge in [-0.25, -0.2) is 4.98 Å². The van der Waals surface area contributed by atoms with Gasteiger partial charge in [0.25, 0.3) is 0 Å². The Morgan fingerprint density at radius 2 is 2.00 bits per heavy atom. The van der Waals surface area contributed by atoms with Crippen molar-refractivity contribution in [2.45, 2.75) is 26.7 Å². The van der Waals surface area contributed by atoms with Crippen molar-refractivity contribution in [2.75, 3.05) is 0 Å². The molecule has 2 aromatic rings. The van der Waals surface area contributed by atoms with E-state index >= 15 is 0 Å². The minimum absolute atomic E-state index is 0.488. The zero-order chi connectivity index (χ0) is 13.1. The lowest BCUT2D eigenvalue weighted by molar-refractivity contribution is 0.458. The van der Waals surface area contributed by atoms with E-state index in [1.54, 1.807) is 6.20 Å². The van der Waals surface area contributed by atoms with Crippen LogP contribution in [0.1, 0.15) is 30.9 Å². The summed E-state index contributed by atoms with van der Waals surface area (Å²) >= 11 is 3.50. The van der Waals surface area contributed by atoms with Gasteiger partial charge in [-0.3, -0.25) is 0 Å². The van der Waals surface area contributed by atoms with Gasteiger partial charge in [0.2, 0.25) is 5.88 Å². The maximum atomic E-state index is 5.82. The molecule has 0 spiro atoms. The molecule has 0 aliphatic carbocycles. The van der Waals surface area contributed by atoms with Gasteiger partial charge in [-0.1, -0.05) is 26.0 Å². The van der Waals surface area contributed by atoms with Gasteiger partial charge >= 0.3 is 0 Å². The molecule has 0 N–H and O–H groups in total. The summed E-state index contributed by atoms with van der Waals surface area (Å²) < 4.78 is 6.73. The van der Waals surface area contributed by atoms with Crippen LogP contribution >= 0.6 is 15.9 Å². The second kappa shape index (κ2) is 5.53. The van der Waals surface area contributed by atoms with Gasteiger partial charge in [-0.05, 0) is 58.1 Å². The van der Waals surface area contributed by atoms with Gasteiger partial charge in [0.1, 0.15) is 5.75 Å². The molecule has 0 radical (unpaired) electrons. The van der Waals surface area contributed by atoms with Crippen LogP contribution in [-0.2, 0) is 0 Å². The normalized spacial score (nSPS) is 10.7. The molecule has 94 valence electrons. The van der Waals surface area contributed by atoms with E-state index in [2.05, 4.69) is 46.9 Å². The van der Waals surface area contributed by atoms with Crippen LogP contribution in [0, 0.1) is 6.92 Å². The highest BCUT2D eigenvalue weighted by molar-refractivity contribution is 9.10. The Balaban J connectivity index is 2.28. The molecule has 1 heterocycles. The maximum Gasteiger partial charge on any atom is 0.233 e. The summed E-state index contributed by atoms with van der Waals surface area (Å²) in [4.78, 5) is 4.24. The number of aryl methyl sites for hydroxylation is 1. The summed E-state index contributed by atoms with van der Waals surface area (Å²) in [5.74, 6) is 1.92. The third kappa shape index (κ3) is 2.91. The van der Waals surface area contributed by atoms with Gasteiger partial charge in [0.05, 0.1) is 4.47 Å². The number of hydrogen-bond acceptors (Lipinski definition) is 2. The highest BCUT2D eigenvalue weighted by Gasteiger charge is 2.07. The van der Waals surface area contributed by atoms with Crippen molar-refractivity contribution >= 4 is 15.9 Å². The fourth-order valence-corrected chi connectivity index (χ4v) is 1.95. The van der Waals surface area contributed by atoms with Crippen molar-refractivity contribution in [3.63, 3.8) is 0 Å². The van der Waals surface area contributed by atoms with Gasteiger partial charge in [0.15, 0.2) is 0 Å². The molecule has 2 rings (SSSR count). The smallest absolute Gasteiger partial charge is 0.233 e. The predicted octanol–water partition coefficient (Wildman–Crippen LogP) is 5.07. The van der Waals surface area contributed by atoms with E-state index in [1.807, 2.05) is 25.1 Å². The number of halogens is 1. The van der Waals surface area contributed by atoms with Crippen molar-refractivity contribution in [1.29, 1.82) is 0 Å². The molecular weight excluding hydrogens is 290 g/mol. The minimum atomic E-state index is 0.488. The zero-order valence-electron chi connectivity index (χ0n) is 10.8. The Kier molecular flexibility index (Phi) is 4.02. The number of pyridine rings is 1. The van der Waals surface area contributed by atoms with Crippen LogP contribution in [0.4, 0.5) is 0 Å². The molecule has 3 heteroatoms. The Labute approximate surface area is 116 Å². The predicted molar refractivity (Wildman–Crippen MR) is 77.3 cm³/mol. The molecule has 2 nitrogen and oxygen atoms in total. The molecule has 0 aliphatic heterocycles. The summed E-state index contributed by atoms with van der Waals surface area (Å²) in [7, 11) is 0.